The molecule has 2 aromatic rings. The first-order valence-corrected chi connectivity index (χ1v) is 7.42. The van der Waals surface area contributed by atoms with Crippen LogP contribution in [-0.4, -0.2) is 20.3 Å². The number of carbonyl (C=O) groups excluding carboxylic acids is 1. The van der Waals surface area contributed by atoms with Crippen LogP contribution in [0.4, 0.5) is 5.82 Å². The van der Waals surface area contributed by atoms with Crippen LogP contribution >= 0.6 is 11.8 Å². The highest BCUT2D eigenvalue weighted by molar-refractivity contribution is 7.98. The molecule has 0 aromatic carbocycles. The Labute approximate surface area is 116 Å². The molecule has 19 heavy (non-hydrogen) atoms. The number of nitrogens with one attached hydrogen (secondary N) is 1. The van der Waals surface area contributed by atoms with Crippen LogP contribution in [0.25, 0.3) is 0 Å². The summed E-state index contributed by atoms with van der Waals surface area (Å²) in [4.78, 5) is 12.0. The molecule has 0 radical (unpaired) electrons. The van der Waals surface area contributed by atoms with Crippen LogP contribution in [0.3, 0.4) is 0 Å². The number of hydrogen-bond acceptors (Lipinski definition) is 3. The van der Waals surface area contributed by atoms with Gasteiger partial charge in [-0.15, -0.1) is 0 Å². The van der Waals surface area contributed by atoms with Crippen molar-refractivity contribution in [1.29, 1.82) is 0 Å². The van der Waals surface area contributed by atoms with Crippen molar-refractivity contribution in [3.8, 4) is 0 Å². The Balaban J connectivity index is 1.63. The van der Waals surface area contributed by atoms with E-state index in [0.29, 0.717) is 13.0 Å². The van der Waals surface area contributed by atoms with Gasteiger partial charge < -0.3 is 9.88 Å². The monoisotopic (exact) mass is 276 g/mol. The molecule has 3 heterocycles. The van der Waals surface area contributed by atoms with Crippen molar-refractivity contribution in [2.45, 2.75) is 24.5 Å². The molecule has 0 aliphatic carbocycles. The third-order valence-corrected chi connectivity index (χ3v) is 4.21. The molecule has 0 saturated carbocycles. The molecular formula is C13H16N4OS. The highest BCUT2D eigenvalue weighted by atomic mass is 32.2. The van der Waals surface area contributed by atoms with Gasteiger partial charge in [-0.25, -0.2) is 0 Å². The highest BCUT2D eigenvalue weighted by Gasteiger charge is 2.22. The summed E-state index contributed by atoms with van der Waals surface area (Å²) in [6.07, 6.45) is 4.40. The van der Waals surface area contributed by atoms with E-state index in [1.807, 2.05) is 47.9 Å². The number of amides is 1. The lowest BCUT2D eigenvalue weighted by Crippen LogP contribution is -2.17. The molecule has 100 valence electrons. The Bertz CT molecular complexity index is 588. The fraction of sp³-hybridized carbons (Fsp3) is 0.385. The number of aromatic nitrogens is 3. The average molecular weight is 276 g/mol. The number of nitrogens with zero attached hydrogens (tertiary/aromatic N) is 3. The molecule has 1 N–H and O–H groups in total. The lowest BCUT2D eigenvalue weighted by molar-refractivity contribution is -0.116. The highest BCUT2D eigenvalue weighted by Crippen LogP contribution is 2.34. The predicted octanol–water partition coefficient (Wildman–Crippen LogP) is 2.00. The molecule has 6 heteroatoms. The van der Waals surface area contributed by atoms with E-state index in [0.717, 1.165) is 23.0 Å². The van der Waals surface area contributed by atoms with E-state index in [2.05, 4.69) is 10.4 Å². The first-order chi connectivity index (χ1) is 9.24. The van der Waals surface area contributed by atoms with Crippen LogP contribution in [0, 0.1) is 0 Å². The van der Waals surface area contributed by atoms with Crippen molar-refractivity contribution in [1.82, 2.24) is 14.3 Å². The van der Waals surface area contributed by atoms with E-state index in [-0.39, 0.29) is 5.91 Å². The van der Waals surface area contributed by atoms with Crippen LogP contribution < -0.4 is 5.32 Å². The van der Waals surface area contributed by atoms with Gasteiger partial charge in [0.1, 0.15) is 5.82 Å². The Kier molecular flexibility index (Phi) is 3.33. The van der Waals surface area contributed by atoms with Crippen molar-refractivity contribution < 1.29 is 4.79 Å². The van der Waals surface area contributed by atoms with Gasteiger partial charge in [0.05, 0.1) is 5.69 Å². The van der Waals surface area contributed by atoms with Crippen LogP contribution in [0.5, 0.6) is 0 Å². The van der Waals surface area contributed by atoms with E-state index >= 15 is 0 Å². The predicted molar refractivity (Wildman–Crippen MR) is 75.9 cm³/mol. The normalized spacial score (nSPS) is 13.5. The molecule has 0 spiro atoms. The van der Waals surface area contributed by atoms with Crippen LogP contribution in [0.15, 0.2) is 24.5 Å². The SMILES string of the molecule is Cn1nc2c(c1NC(=O)CCn1cccc1)CSC2. The average Bonchev–Trinajstić information content (AvgIpc) is 3.07. The standard InChI is InChI=1S/C13H16N4OS/c1-16-13(10-8-19-9-11(10)15-16)14-12(18)4-7-17-5-2-3-6-17/h2-3,5-6H,4,7-9H2,1H3,(H,14,18). The van der Waals surface area contributed by atoms with Gasteiger partial charge in [0.25, 0.3) is 0 Å². The molecule has 0 unspecified atom stereocenters. The van der Waals surface area contributed by atoms with Crippen molar-refractivity contribution in [2.75, 3.05) is 5.32 Å². The molecule has 3 rings (SSSR count). The zero-order valence-electron chi connectivity index (χ0n) is 10.8. The molecule has 2 aromatic heterocycles. The Morgan fingerprint density at radius 1 is 1.42 bits per heavy atom. The summed E-state index contributed by atoms with van der Waals surface area (Å²) < 4.78 is 3.78. The molecule has 0 saturated heterocycles. The molecule has 0 atom stereocenters. The van der Waals surface area contributed by atoms with Gasteiger partial charge in [-0.2, -0.15) is 16.9 Å². The largest absolute Gasteiger partial charge is 0.354 e. The lowest BCUT2D eigenvalue weighted by Gasteiger charge is -2.08. The second kappa shape index (κ2) is 5.13. The molecule has 1 aliphatic rings. The molecular weight excluding hydrogens is 260 g/mol. The third-order valence-electron chi connectivity index (χ3n) is 3.23. The van der Waals surface area contributed by atoms with Crippen molar-refractivity contribution in [3.05, 3.63) is 35.8 Å². The van der Waals surface area contributed by atoms with Gasteiger partial charge in [0.2, 0.25) is 5.91 Å². The maximum atomic E-state index is 12.0. The smallest absolute Gasteiger partial charge is 0.227 e. The van der Waals surface area contributed by atoms with Gasteiger partial charge in [-0.05, 0) is 12.1 Å². The summed E-state index contributed by atoms with van der Waals surface area (Å²) in [5, 5.41) is 7.42. The number of fused-ring (bicyclic) bond motifs is 1. The van der Waals surface area contributed by atoms with E-state index in [9.17, 15) is 4.79 Å². The zero-order valence-corrected chi connectivity index (χ0v) is 11.6. The van der Waals surface area contributed by atoms with E-state index in [1.165, 1.54) is 5.56 Å². The summed E-state index contributed by atoms with van der Waals surface area (Å²) in [5.74, 6) is 2.78. The number of rotatable bonds is 4. The molecule has 0 bridgehead atoms. The topological polar surface area (TPSA) is 51.9 Å². The zero-order chi connectivity index (χ0) is 13.2. The number of hydrogen-bond donors (Lipinski definition) is 1. The quantitative estimate of drug-likeness (QED) is 0.929. The summed E-state index contributed by atoms with van der Waals surface area (Å²) in [5.41, 5.74) is 2.29. The van der Waals surface area contributed by atoms with Gasteiger partial charge in [-0.1, -0.05) is 0 Å². The number of carbonyl (C=O) groups is 1. The van der Waals surface area contributed by atoms with Crippen LogP contribution in [0.1, 0.15) is 17.7 Å². The van der Waals surface area contributed by atoms with E-state index in [4.69, 9.17) is 0 Å². The Hall–Kier alpha value is -1.69. The maximum absolute atomic E-state index is 12.0. The van der Waals surface area contributed by atoms with Gasteiger partial charge in [-0.3, -0.25) is 9.48 Å². The third kappa shape index (κ3) is 2.53. The summed E-state index contributed by atoms with van der Waals surface area (Å²) in [7, 11) is 1.88. The first kappa shape index (κ1) is 12.3. The Morgan fingerprint density at radius 2 is 2.21 bits per heavy atom. The van der Waals surface area contributed by atoms with Crippen molar-refractivity contribution in [2.24, 2.45) is 7.05 Å². The van der Waals surface area contributed by atoms with E-state index < -0.39 is 0 Å². The second-order valence-corrected chi connectivity index (χ2v) is 5.59. The van der Waals surface area contributed by atoms with Gasteiger partial charge in [0, 0.05) is 49.5 Å². The fourth-order valence-corrected chi connectivity index (χ4v) is 3.28. The summed E-state index contributed by atoms with van der Waals surface area (Å²) in [6.45, 7) is 0.702. The van der Waals surface area contributed by atoms with Gasteiger partial charge in [0.15, 0.2) is 0 Å². The molecule has 1 aliphatic heterocycles. The van der Waals surface area contributed by atoms with Crippen LogP contribution in [-0.2, 0) is 29.9 Å². The first-order valence-electron chi connectivity index (χ1n) is 6.27. The number of thioether (sulfide) groups is 1. The minimum atomic E-state index is 0.0383. The molecule has 5 nitrogen and oxygen atoms in total. The lowest BCUT2D eigenvalue weighted by atomic mass is 10.2. The number of aryl methyl sites for hydroxylation is 2. The molecule has 0 fully saturated rings. The van der Waals surface area contributed by atoms with Crippen molar-refractivity contribution >= 4 is 23.5 Å². The van der Waals surface area contributed by atoms with Crippen LogP contribution in [0.2, 0.25) is 0 Å². The summed E-state index contributed by atoms with van der Waals surface area (Å²) in [6, 6.07) is 3.92. The maximum Gasteiger partial charge on any atom is 0.227 e. The van der Waals surface area contributed by atoms with Gasteiger partial charge >= 0.3 is 0 Å². The fourth-order valence-electron chi connectivity index (χ4n) is 2.24. The minimum absolute atomic E-state index is 0.0383. The minimum Gasteiger partial charge on any atom is -0.354 e. The molecule has 1 amide bonds. The second-order valence-electron chi connectivity index (χ2n) is 4.61. The van der Waals surface area contributed by atoms with E-state index in [1.54, 1.807) is 4.68 Å². The summed E-state index contributed by atoms with van der Waals surface area (Å²) >= 11 is 1.84. The Morgan fingerprint density at radius 3 is 3.00 bits per heavy atom. The number of anilines is 1. The van der Waals surface area contributed by atoms with Crippen molar-refractivity contribution in [3.63, 3.8) is 0 Å².